The summed E-state index contributed by atoms with van der Waals surface area (Å²) in [5.74, 6) is 0.625. The van der Waals surface area contributed by atoms with E-state index in [4.69, 9.17) is 4.74 Å². The van der Waals surface area contributed by atoms with Crippen LogP contribution in [0, 0.1) is 12.7 Å². The number of benzene rings is 2. The van der Waals surface area contributed by atoms with Crippen LogP contribution >= 0.6 is 11.3 Å². The highest BCUT2D eigenvalue weighted by Crippen LogP contribution is 2.32. The van der Waals surface area contributed by atoms with Gasteiger partial charge in [-0.1, -0.05) is 0 Å². The van der Waals surface area contributed by atoms with Gasteiger partial charge in [0.05, 0.1) is 12.0 Å². The van der Waals surface area contributed by atoms with Crippen molar-refractivity contribution in [3.8, 4) is 5.75 Å². The molecule has 146 valence electrons. The van der Waals surface area contributed by atoms with Crippen molar-refractivity contribution >= 4 is 33.0 Å². The zero-order valence-electron chi connectivity index (χ0n) is 16.1. The first kappa shape index (κ1) is 18.7. The molecule has 1 saturated heterocycles. The summed E-state index contributed by atoms with van der Waals surface area (Å²) >= 11 is 1.46. The van der Waals surface area contributed by atoms with Crippen LogP contribution in [0.4, 0.5) is 10.1 Å². The minimum atomic E-state index is -0.266. The zero-order valence-corrected chi connectivity index (χ0v) is 16.9. The molecule has 0 atom stereocenters. The van der Waals surface area contributed by atoms with E-state index < -0.39 is 0 Å². The van der Waals surface area contributed by atoms with Gasteiger partial charge in [0.2, 0.25) is 0 Å². The molecule has 0 bridgehead atoms. The highest BCUT2D eigenvalue weighted by Gasteiger charge is 2.24. The molecular formula is C22H23FN2O2S. The van der Waals surface area contributed by atoms with E-state index in [0.29, 0.717) is 6.54 Å². The van der Waals surface area contributed by atoms with Gasteiger partial charge in [-0.05, 0) is 66.8 Å². The van der Waals surface area contributed by atoms with Gasteiger partial charge in [0.15, 0.2) is 0 Å². The topological polar surface area (TPSA) is 32.8 Å². The van der Waals surface area contributed by atoms with Crippen LogP contribution in [0.1, 0.15) is 21.7 Å². The molecule has 0 unspecified atom stereocenters. The molecule has 1 aromatic heterocycles. The summed E-state index contributed by atoms with van der Waals surface area (Å²) < 4.78 is 19.8. The monoisotopic (exact) mass is 398 g/mol. The van der Waals surface area contributed by atoms with Gasteiger partial charge < -0.3 is 14.5 Å². The number of thiophene rings is 1. The van der Waals surface area contributed by atoms with E-state index in [1.807, 2.05) is 24.0 Å². The molecule has 6 heteroatoms. The largest absolute Gasteiger partial charge is 0.497 e. The Hall–Kier alpha value is -2.60. The Kier molecular flexibility index (Phi) is 5.22. The highest BCUT2D eigenvalue weighted by atomic mass is 32.1. The van der Waals surface area contributed by atoms with Gasteiger partial charge in [-0.25, -0.2) is 4.39 Å². The number of carbonyl (C=O) groups excluding carboxylic acids is 1. The van der Waals surface area contributed by atoms with E-state index in [1.54, 1.807) is 13.2 Å². The van der Waals surface area contributed by atoms with Gasteiger partial charge in [0, 0.05) is 36.6 Å². The molecule has 1 aliphatic rings. The number of halogens is 1. The predicted molar refractivity (Wildman–Crippen MR) is 112 cm³/mol. The molecular weight excluding hydrogens is 375 g/mol. The Balaban J connectivity index is 1.51. The Morgan fingerprint density at radius 3 is 2.61 bits per heavy atom. The highest BCUT2D eigenvalue weighted by molar-refractivity contribution is 7.21. The molecule has 3 aromatic rings. The van der Waals surface area contributed by atoms with Gasteiger partial charge in [-0.15, -0.1) is 11.3 Å². The maximum absolute atomic E-state index is 13.6. The van der Waals surface area contributed by atoms with Gasteiger partial charge in [-0.2, -0.15) is 0 Å². The molecule has 1 fully saturated rings. The number of rotatable bonds is 3. The number of methoxy groups -OCH3 is 1. The van der Waals surface area contributed by atoms with Crippen LogP contribution in [0.15, 0.2) is 42.5 Å². The molecule has 0 spiro atoms. The number of hydrogen-bond acceptors (Lipinski definition) is 4. The number of hydrogen-bond donors (Lipinski definition) is 0. The Bertz CT molecular complexity index is 1000. The molecule has 2 aromatic carbocycles. The third-order valence-electron chi connectivity index (χ3n) is 5.31. The smallest absolute Gasteiger partial charge is 0.264 e. The van der Waals surface area contributed by atoms with Crippen molar-refractivity contribution in [3.05, 3.63) is 58.7 Å². The summed E-state index contributed by atoms with van der Waals surface area (Å²) in [4.78, 5) is 18.1. The second kappa shape index (κ2) is 7.80. The summed E-state index contributed by atoms with van der Waals surface area (Å²) in [5, 5.41) is 0.836. The van der Waals surface area contributed by atoms with Gasteiger partial charge in [0.1, 0.15) is 11.6 Å². The van der Waals surface area contributed by atoms with Crippen molar-refractivity contribution in [2.45, 2.75) is 13.3 Å². The van der Waals surface area contributed by atoms with Gasteiger partial charge in [-0.3, -0.25) is 4.79 Å². The number of anilines is 1. The minimum absolute atomic E-state index is 0.0516. The summed E-state index contributed by atoms with van der Waals surface area (Å²) in [6.07, 6.45) is 0.913. The first-order chi connectivity index (χ1) is 13.6. The number of ether oxygens (including phenoxy) is 1. The van der Waals surface area contributed by atoms with Crippen LogP contribution < -0.4 is 9.64 Å². The normalized spacial score (nSPS) is 15.0. The van der Waals surface area contributed by atoms with Crippen molar-refractivity contribution in [2.75, 3.05) is 38.2 Å². The molecule has 4 nitrogen and oxygen atoms in total. The van der Waals surface area contributed by atoms with Crippen LogP contribution in [0.2, 0.25) is 0 Å². The lowest BCUT2D eigenvalue weighted by Gasteiger charge is -2.24. The predicted octanol–water partition coefficient (Wildman–Crippen LogP) is 4.71. The Morgan fingerprint density at radius 1 is 1.07 bits per heavy atom. The molecule has 0 N–H and O–H groups in total. The number of aryl methyl sites for hydroxylation is 1. The molecule has 2 heterocycles. The molecule has 1 amide bonds. The zero-order chi connectivity index (χ0) is 19.7. The van der Waals surface area contributed by atoms with E-state index in [-0.39, 0.29) is 11.7 Å². The summed E-state index contributed by atoms with van der Waals surface area (Å²) in [6.45, 7) is 5.01. The van der Waals surface area contributed by atoms with Crippen molar-refractivity contribution < 1.29 is 13.9 Å². The lowest BCUT2D eigenvalue weighted by Crippen LogP contribution is -2.35. The number of nitrogens with zero attached hydrogens (tertiary/aromatic N) is 2. The standard InChI is InChI=1S/C22H23FN2O2S/c1-15-19-14-16(23)4-9-20(19)28-21(15)22(26)25-11-3-10-24(12-13-25)17-5-7-18(27-2)8-6-17/h4-9,14H,3,10-13H2,1-2H3. The lowest BCUT2D eigenvalue weighted by molar-refractivity contribution is 0.0771. The van der Waals surface area contributed by atoms with Crippen molar-refractivity contribution in [1.29, 1.82) is 0 Å². The molecule has 0 aliphatic carbocycles. The Labute approximate surface area is 168 Å². The van der Waals surface area contributed by atoms with E-state index in [9.17, 15) is 9.18 Å². The fourth-order valence-corrected chi connectivity index (χ4v) is 4.87. The molecule has 0 radical (unpaired) electrons. The molecule has 28 heavy (non-hydrogen) atoms. The number of amides is 1. The molecule has 1 aliphatic heterocycles. The SMILES string of the molecule is COc1ccc(N2CCCN(C(=O)c3sc4ccc(F)cc4c3C)CC2)cc1. The maximum Gasteiger partial charge on any atom is 0.264 e. The van der Waals surface area contributed by atoms with E-state index in [1.165, 1.54) is 23.5 Å². The average molecular weight is 399 g/mol. The second-order valence-electron chi connectivity index (χ2n) is 7.03. The van der Waals surface area contributed by atoms with Crippen molar-refractivity contribution in [3.63, 3.8) is 0 Å². The Morgan fingerprint density at radius 2 is 1.86 bits per heavy atom. The van der Waals surface area contributed by atoms with Crippen LogP contribution in [-0.4, -0.2) is 44.1 Å². The quantitative estimate of drug-likeness (QED) is 0.641. The van der Waals surface area contributed by atoms with Crippen LogP contribution in [0.25, 0.3) is 10.1 Å². The average Bonchev–Trinajstić information content (AvgIpc) is 2.89. The summed E-state index contributed by atoms with van der Waals surface area (Å²) in [6, 6.07) is 12.8. The summed E-state index contributed by atoms with van der Waals surface area (Å²) in [5.41, 5.74) is 2.02. The minimum Gasteiger partial charge on any atom is -0.497 e. The molecule has 4 rings (SSSR count). The molecule has 0 saturated carbocycles. The number of fused-ring (bicyclic) bond motifs is 1. The van der Waals surface area contributed by atoms with Gasteiger partial charge >= 0.3 is 0 Å². The van der Waals surface area contributed by atoms with E-state index >= 15 is 0 Å². The maximum atomic E-state index is 13.6. The second-order valence-corrected chi connectivity index (χ2v) is 8.08. The van der Waals surface area contributed by atoms with E-state index in [2.05, 4.69) is 17.0 Å². The van der Waals surface area contributed by atoms with Crippen molar-refractivity contribution in [1.82, 2.24) is 4.90 Å². The van der Waals surface area contributed by atoms with Crippen molar-refractivity contribution in [2.24, 2.45) is 0 Å². The van der Waals surface area contributed by atoms with Gasteiger partial charge in [0.25, 0.3) is 5.91 Å². The first-order valence-corrected chi connectivity index (χ1v) is 10.3. The first-order valence-electron chi connectivity index (χ1n) is 9.44. The third-order valence-corrected chi connectivity index (χ3v) is 6.57. The van der Waals surface area contributed by atoms with Crippen LogP contribution in [-0.2, 0) is 0 Å². The fraction of sp³-hybridized carbons (Fsp3) is 0.318. The number of carbonyl (C=O) groups is 1. The van der Waals surface area contributed by atoms with Crippen LogP contribution in [0.5, 0.6) is 5.75 Å². The van der Waals surface area contributed by atoms with Crippen LogP contribution in [0.3, 0.4) is 0 Å². The summed E-state index contributed by atoms with van der Waals surface area (Å²) in [7, 11) is 1.66. The third kappa shape index (κ3) is 3.56. The van der Waals surface area contributed by atoms with E-state index in [0.717, 1.165) is 58.0 Å². The fourth-order valence-electron chi connectivity index (χ4n) is 3.71. The lowest BCUT2D eigenvalue weighted by atomic mass is 10.1.